The predicted octanol–water partition coefficient (Wildman–Crippen LogP) is 0.883. The second kappa shape index (κ2) is 22.8. The van der Waals surface area contributed by atoms with Crippen molar-refractivity contribution in [3.8, 4) is 5.75 Å². The molecule has 16 nitrogen and oxygen atoms in total. The summed E-state index contributed by atoms with van der Waals surface area (Å²) in [5.41, 5.74) is 11.6. The van der Waals surface area contributed by atoms with Gasteiger partial charge in [-0.15, -0.1) is 0 Å². The summed E-state index contributed by atoms with van der Waals surface area (Å²) in [5, 5.41) is 22.2. The molecule has 0 bridgehead atoms. The van der Waals surface area contributed by atoms with Crippen molar-refractivity contribution in [2.24, 2.45) is 23.3 Å². The van der Waals surface area contributed by atoms with Crippen LogP contribution in [0.1, 0.15) is 59.4 Å². The summed E-state index contributed by atoms with van der Waals surface area (Å²) >= 11 is 0. The number of carbonyl (C=O) groups is 7. The number of esters is 1. The number of primary amides is 2. The fourth-order valence-corrected chi connectivity index (χ4v) is 5.16. The first-order valence-electron chi connectivity index (χ1n) is 17.9. The Morgan fingerprint density at radius 1 is 0.745 bits per heavy atom. The van der Waals surface area contributed by atoms with Crippen LogP contribution in [0.4, 0.5) is 0 Å². The number of cyclic esters (lactones) is 1. The Morgan fingerprint density at radius 3 is 1.76 bits per heavy atom. The van der Waals surface area contributed by atoms with Gasteiger partial charge in [0.1, 0.15) is 42.1 Å². The van der Waals surface area contributed by atoms with E-state index in [9.17, 15) is 38.7 Å². The van der Waals surface area contributed by atoms with Crippen molar-refractivity contribution in [1.82, 2.24) is 26.6 Å². The Kier molecular flexibility index (Phi) is 18.6. The maximum Gasteiger partial charge on any atom is 0.329 e. The van der Waals surface area contributed by atoms with Gasteiger partial charge in [-0.05, 0) is 48.7 Å². The zero-order valence-corrected chi connectivity index (χ0v) is 31.7. The molecule has 6 amide bonds. The summed E-state index contributed by atoms with van der Waals surface area (Å²) < 4.78 is 5.72. The number of nitrogens with two attached hydrogens (primary N) is 2. The second-order valence-corrected chi connectivity index (χ2v) is 13.3. The molecule has 0 radical (unpaired) electrons. The lowest BCUT2D eigenvalue weighted by Gasteiger charge is -2.31. The highest BCUT2D eigenvalue weighted by Crippen LogP contribution is 2.15. The van der Waals surface area contributed by atoms with Crippen LogP contribution in [-0.4, -0.2) is 82.8 Å². The van der Waals surface area contributed by atoms with E-state index in [0.717, 1.165) is 5.56 Å². The number of carbonyl (C=O) groups excluding carboxylic acids is 7. The van der Waals surface area contributed by atoms with E-state index in [-0.39, 0.29) is 5.75 Å². The van der Waals surface area contributed by atoms with Gasteiger partial charge in [0.05, 0.1) is 12.8 Å². The van der Waals surface area contributed by atoms with Crippen LogP contribution in [0, 0.1) is 11.8 Å². The molecule has 1 saturated heterocycles. The summed E-state index contributed by atoms with van der Waals surface area (Å²) in [6.45, 7) is 8.20. The Balaban J connectivity index is 2.39. The van der Waals surface area contributed by atoms with Gasteiger partial charge in [0.15, 0.2) is 0 Å². The van der Waals surface area contributed by atoms with Crippen molar-refractivity contribution in [2.75, 3.05) is 0 Å². The average molecular weight is 764 g/mol. The number of amides is 6. The van der Waals surface area contributed by atoms with E-state index in [2.05, 4.69) is 26.6 Å². The van der Waals surface area contributed by atoms with Gasteiger partial charge in [-0.25, -0.2) is 4.79 Å². The Labute approximate surface area is 320 Å². The van der Waals surface area contributed by atoms with Gasteiger partial charge >= 0.3 is 5.97 Å². The lowest BCUT2D eigenvalue weighted by atomic mass is 9.98. The SMILES string of the molecule is CC[C@@H](C)[C@@H]1NC(=O)[C@H](CC(N)=O)NC(=O)C(CC(N)=O)NC(=O)[C@H](C(C)C)NC(=O)[C@@H](N/C=C/C=C/C=C/C=C/C=C/c2ccc(O)cc2)[C@@H](C)OC1=O. The molecule has 1 fully saturated rings. The highest BCUT2D eigenvalue weighted by molar-refractivity contribution is 5.98. The molecule has 298 valence electrons. The van der Waals surface area contributed by atoms with Crippen molar-refractivity contribution in [3.05, 3.63) is 84.6 Å². The van der Waals surface area contributed by atoms with E-state index in [1.54, 1.807) is 82.3 Å². The van der Waals surface area contributed by atoms with Crippen LogP contribution >= 0.6 is 0 Å². The molecular formula is C39H53N7O9. The van der Waals surface area contributed by atoms with Crippen LogP contribution < -0.4 is 38.1 Å². The molecule has 2 rings (SSSR count). The molecule has 55 heavy (non-hydrogen) atoms. The minimum absolute atomic E-state index is 0.194. The summed E-state index contributed by atoms with van der Waals surface area (Å²) in [6.07, 6.45) is 15.3. The summed E-state index contributed by atoms with van der Waals surface area (Å²) in [5.74, 6) is -7.20. The zero-order valence-electron chi connectivity index (χ0n) is 31.7. The van der Waals surface area contributed by atoms with Crippen molar-refractivity contribution in [1.29, 1.82) is 0 Å². The number of allylic oxidation sites excluding steroid dienone is 8. The molecule has 1 heterocycles. The molecule has 16 heteroatoms. The number of phenols is 1. The first-order valence-corrected chi connectivity index (χ1v) is 17.9. The molecular weight excluding hydrogens is 710 g/mol. The minimum Gasteiger partial charge on any atom is -0.508 e. The van der Waals surface area contributed by atoms with E-state index < -0.39 is 102 Å². The minimum atomic E-state index is -1.59. The molecule has 1 unspecified atom stereocenters. The summed E-state index contributed by atoms with van der Waals surface area (Å²) in [6, 6.07) is -0.171. The van der Waals surface area contributed by atoms with Gasteiger partial charge < -0.3 is 47.9 Å². The van der Waals surface area contributed by atoms with Crippen LogP contribution in [0.5, 0.6) is 5.75 Å². The lowest BCUT2D eigenvalue weighted by molar-refractivity contribution is -0.156. The molecule has 0 spiro atoms. The molecule has 1 aliphatic heterocycles. The topological polar surface area (TPSA) is 261 Å². The van der Waals surface area contributed by atoms with E-state index in [4.69, 9.17) is 16.2 Å². The molecule has 0 saturated carbocycles. The number of nitrogens with one attached hydrogen (secondary N) is 5. The van der Waals surface area contributed by atoms with Gasteiger partial charge in [0.2, 0.25) is 35.4 Å². The van der Waals surface area contributed by atoms with Crippen molar-refractivity contribution in [3.63, 3.8) is 0 Å². The Morgan fingerprint density at radius 2 is 1.24 bits per heavy atom. The fraction of sp³-hybridized carbons (Fsp3) is 0.410. The van der Waals surface area contributed by atoms with Crippen LogP contribution in [0.2, 0.25) is 0 Å². The standard InChI is InChI=1S/C39H53N7O9/c1-6-24(4)33-39(54)55-25(5)34(42-20-14-12-10-8-7-9-11-13-15-26-16-18-27(47)19-17-26)38(53)45-32(23(2)3)37(52)44-28(21-30(40)48)35(50)43-29(22-31(41)49)36(51)46-33/h7-20,23-25,28-29,32-34,42,47H,6,21-22H2,1-5H3,(H2,40,48)(H2,41,49)(H,43,50)(H,44,52)(H,45,53)(H,46,51)/b8-7+,11-9+,12-10+,15-13+,20-14+/t24-,25-,28?,29+,32+,33+,34+/m1/s1. The van der Waals surface area contributed by atoms with Crippen molar-refractivity contribution < 1.29 is 43.4 Å². The number of ether oxygens (including phenoxy) is 1. The molecule has 0 aromatic heterocycles. The van der Waals surface area contributed by atoms with Gasteiger partial charge in [0, 0.05) is 0 Å². The Bertz CT molecular complexity index is 1670. The van der Waals surface area contributed by atoms with Gasteiger partial charge in [0.25, 0.3) is 0 Å². The largest absolute Gasteiger partial charge is 0.508 e. The third-order valence-electron chi connectivity index (χ3n) is 8.47. The third kappa shape index (κ3) is 15.8. The summed E-state index contributed by atoms with van der Waals surface area (Å²) in [7, 11) is 0. The molecule has 1 aliphatic rings. The molecule has 10 N–H and O–H groups in total. The van der Waals surface area contributed by atoms with Crippen molar-refractivity contribution >= 4 is 47.5 Å². The van der Waals surface area contributed by atoms with Crippen LogP contribution in [0.25, 0.3) is 6.08 Å². The number of hydrogen-bond acceptors (Lipinski definition) is 10. The van der Waals surface area contributed by atoms with Gasteiger partial charge in [-0.1, -0.05) is 94.9 Å². The third-order valence-corrected chi connectivity index (χ3v) is 8.47. The van der Waals surface area contributed by atoms with E-state index in [1.165, 1.54) is 13.1 Å². The molecule has 1 aromatic rings. The number of rotatable bonds is 14. The number of hydrogen-bond donors (Lipinski definition) is 8. The molecule has 0 aliphatic carbocycles. The maximum atomic E-state index is 13.8. The molecule has 1 aromatic carbocycles. The average Bonchev–Trinajstić information content (AvgIpc) is 3.11. The number of aromatic hydroxyl groups is 1. The first kappa shape index (κ1) is 45.0. The van der Waals surface area contributed by atoms with E-state index in [0.29, 0.717) is 6.42 Å². The predicted molar refractivity (Wildman–Crippen MR) is 206 cm³/mol. The zero-order chi connectivity index (χ0) is 41.1. The van der Waals surface area contributed by atoms with Gasteiger partial charge in [-0.3, -0.25) is 28.8 Å². The smallest absolute Gasteiger partial charge is 0.329 e. The molecule has 7 atom stereocenters. The van der Waals surface area contributed by atoms with E-state index >= 15 is 0 Å². The van der Waals surface area contributed by atoms with Crippen LogP contribution in [-0.2, 0) is 38.3 Å². The normalized spacial score (nSPS) is 24.2. The lowest BCUT2D eigenvalue weighted by Crippen LogP contribution is -2.62. The number of benzene rings is 1. The number of phenolic OH excluding ortho intramolecular Hbond substituents is 1. The quantitative estimate of drug-likeness (QED) is 0.0980. The van der Waals surface area contributed by atoms with E-state index in [1.807, 2.05) is 24.3 Å². The monoisotopic (exact) mass is 763 g/mol. The summed E-state index contributed by atoms with van der Waals surface area (Å²) in [4.78, 5) is 91.5. The highest BCUT2D eigenvalue weighted by Gasteiger charge is 2.38. The first-order chi connectivity index (χ1) is 26.0. The highest BCUT2D eigenvalue weighted by atomic mass is 16.5. The van der Waals surface area contributed by atoms with Crippen LogP contribution in [0.15, 0.2) is 79.1 Å². The fourth-order valence-electron chi connectivity index (χ4n) is 5.16. The second-order valence-electron chi connectivity index (χ2n) is 13.3. The maximum absolute atomic E-state index is 13.8. The van der Waals surface area contributed by atoms with Gasteiger partial charge in [-0.2, -0.15) is 0 Å². The van der Waals surface area contributed by atoms with Crippen LogP contribution in [0.3, 0.4) is 0 Å². The Hall–Kier alpha value is -6.19. The van der Waals surface area contributed by atoms with Crippen molar-refractivity contribution in [2.45, 2.75) is 90.2 Å².